The highest BCUT2D eigenvalue weighted by Gasteiger charge is 2.30. The van der Waals surface area contributed by atoms with Crippen molar-refractivity contribution < 1.29 is 0 Å². The van der Waals surface area contributed by atoms with Gasteiger partial charge in [-0.05, 0) is 42.3 Å². The Morgan fingerprint density at radius 2 is 2.20 bits per heavy atom. The minimum atomic E-state index is 0.0881. The van der Waals surface area contributed by atoms with Gasteiger partial charge in [0.15, 0.2) is 0 Å². The second-order valence-electron chi connectivity index (χ2n) is 4.87. The molecule has 1 heterocycles. The van der Waals surface area contributed by atoms with E-state index in [4.69, 9.17) is 5.73 Å². The third-order valence-electron chi connectivity index (χ3n) is 3.22. The van der Waals surface area contributed by atoms with Crippen LogP contribution >= 0.6 is 11.3 Å². The predicted octanol–water partition coefficient (Wildman–Crippen LogP) is 2.45. The molecule has 1 aromatic heterocycles. The van der Waals surface area contributed by atoms with Crippen molar-refractivity contribution in [1.29, 1.82) is 0 Å². The van der Waals surface area contributed by atoms with Crippen LogP contribution in [0.3, 0.4) is 0 Å². The van der Waals surface area contributed by atoms with Gasteiger partial charge in [0.05, 0.1) is 0 Å². The first-order chi connectivity index (χ1) is 7.18. The summed E-state index contributed by atoms with van der Waals surface area (Å²) in [6.45, 7) is 2.06. The van der Waals surface area contributed by atoms with E-state index in [1.807, 2.05) is 0 Å². The van der Waals surface area contributed by atoms with E-state index in [1.165, 1.54) is 31.2 Å². The molecule has 0 spiro atoms. The highest BCUT2D eigenvalue weighted by molar-refractivity contribution is 7.07. The third-order valence-corrected chi connectivity index (χ3v) is 3.95. The molecule has 0 aromatic carbocycles. The molecule has 2 nitrogen and oxygen atoms in total. The van der Waals surface area contributed by atoms with Crippen molar-refractivity contribution in [1.82, 2.24) is 4.90 Å². The van der Waals surface area contributed by atoms with Crippen LogP contribution in [0.1, 0.15) is 31.2 Å². The maximum atomic E-state index is 6.35. The Morgan fingerprint density at radius 1 is 1.47 bits per heavy atom. The molecule has 0 atom stereocenters. The normalized spacial score (nSPS) is 19.9. The lowest BCUT2D eigenvalue weighted by atomic mass is 9.98. The van der Waals surface area contributed by atoms with Crippen molar-refractivity contribution in [2.24, 2.45) is 5.73 Å². The molecule has 2 N–H and O–H groups in total. The Bertz CT molecular complexity index is 289. The predicted molar refractivity (Wildman–Crippen MR) is 66.0 cm³/mol. The van der Waals surface area contributed by atoms with Gasteiger partial charge in [-0.2, -0.15) is 11.3 Å². The van der Waals surface area contributed by atoms with Gasteiger partial charge >= 0.3 is 0 Å². The fourth-order valence-corrected chi connectivity index (χ4v) is 3.18. The Morgan fingerprint density at radius 3 is 2.80 bits per heavy atom. The molecular formula is C12H20N2S. The second-order valence-corrected chi connectivity index (χ2v) is 5.65. The van der Waals surface area contributed by atoms with Gasteiger partial charge in [-0.1, -0.05) is 12.8 Å². The smallest absolute Gasteiger partial charge is 0.0283 e. The Kier molecular flexibility index (Phi) is 3.44. The van der Waals surface area contributed by atoms with E-state index < -0.39 is 0 Å². The van der Waals surface area contributed by atoms with Crippen LogP contribution < -0.4 is 5.73 Å². The lowest BCUT2D eigenvalue weighted by molar-refractivity contribution is 0.241. The molecule has 15 heavy (non-hydrogen) atoms. The van der Waals surface area contributed by atoms with Crippen LogP contribution in [0, 0.1) is 0 Å². The third kappa shape index (κ3) is 3.03. The standard InChI is InChI=1S/C12H20N2S/c1-14(8-11-4-7-15-9-11)10-12(13)5-2-3-6-12/h4,7,9H,2-3,5-6,8,10,13H2,1H3. The van der Waals surface area contributed by atoms with E-state index in [-0.39, 0.29) is 5.54 Å². The summed E-state index contributed by atoms with van der Waals surface area (Å²) in [7, 11) is 2.17. The van der Waals surface area contributed by atoms with Gasteiger partial charge in [-0.3, -0.25) is 0 Å². The van der Waals surface area contributed by atoms with Crippen molar-refractivity contribution >= 4 is 11.3 Å². The fraction of sp³-hybridized carbons (Fsp3) is 0.667. The molecule has 1 aliphatic rings. The van der Waals surface area contributed by atoms with Gasteiger partial charge in [0.1, 0.15) is 0 Å². The number of rotatable bonds is 4. The number of nitrogens with zero attached hydrogens (tertiary/aromatic N) is 1. The molecular weight excluding hydrogens is 204 g/mol. The van der Waals surface area contributed by atoms with Gasteiger partial charge in [-0.15, -0.1) is 0 Å². The van der Waals surface area contributed by atoms with E-state index in [9.17, 15) is 0 Å². The average Bonchev–Trinajstić information content (AvgIpc) is 2.76. The molecule has 0 amide bonds. The SMILES string of the molecule is CN(Cc1ccsc1)CC1(N)CCCC1. The van der Waals surface area contributed by atoms with Gasteiger partial charge in [0.25, 0.3) is 0 Å². The number of hydrogen-bond acceptors (Lipinski definition) is 3. The summed E-state index contributed by atoms with van der Waals surface area (Å²) in [4.78, 5) is 2.35. The number of thiophene rings is 1. The molecule has 1 aliphatic carbocycles. The molecule has 84 valence electrons. The minimum Gasteiger partial charge on any atom is -0.324 e. The van der Waals surface area contributed by atoms with E-state index in [2.05, 4.69) is 28.8 Å². The van der Waals surface area contributed by atoms with Crippen molar-refractivity contribution in [2.75, 3.05) is 13.6 Å². The molecule has 0 saturated heterocycles. The molecule has 0 bridgehead atoms. The molecule has 3 heteroatoms. The Balaban J connectivity index is 1.84. The van der Waals surface area contributed by atoms with Gasteiger partial charge in [0.2, 0.25) is 0 Å². The summed E-state index contributed by atoms with van der Waals surface area (Å²) in [6.07, 6.45) is 5.01. The Labute approximate surface area is 96.1 Å². The largest absolute Gasteiger partial charge is 0.324 e. The number of likely N-dealkylation sites (N-methyl/N-ethyl adjacent to an activating group) is 1. The minimum absolute atomic E-state index is 0.0881. The maximum absolute atomic E-state index is 6.35. The first kappa shape index (κ1) is 11.1. The van der Waals surface area contributed by atoms with Gasteiger partial charge in [-0.25, -0.2) is 0 Å². The van der Waals surface area contributed by atoms with E-state index in [0.29, 0.717) is 0 Å². The van der Waals surface area contributed by atoms with Crippen LogP contribution in [-0.4, -0.2) is 24.0 Å². The molecule has 1 saturated carbocycles. The zero-order valence-corrected chi connectivity index (χ0v) is 10.2. The number of hydrogen-bond donors (Lipinski definition) is 1. The van der Waals surface area contributed by atoms with Gasteiger partial charge < -0.3 is 10.6 Å². The summed E-state index contributed by atoms with van der Waals surface area (Å²) >= 11 is 1.77. The second kappa shape index (κ2) is 4.64. The fourth-order valence-electron chi connectivity index (χ4n) is 2.52. The van der Waals surface area contributed by atoms with E-state index >= 15 is 0 Å². The summed E-state index contributed by atoms with van der Waals surface area (Å²) in [5.41, 5.74) is 7.84. The van der Waals surface area contributed by atoms with Crippen LogP contribution in [0.5, 0.6) is 0 Å². The first-order valence-electron chi connectivity index (χ1n) is 5.66. The molecule has 0 radical (unpaired) electrons. The maximum Gasteiger partial charge on any atom is 0.0283 e. The van der Waals surface area contributed by atoms with Crippen LogP contribution in [-0.2, 0) is 6.54 Å². The number of nitrogens with two attached hydrogens (primary N) is 1. The highest BCUT2D eigenvalue weighted by atomic mass is 32.1. The average molecular weight is 224 g/mol. The van der Waals surface area contributed by atoms with Crippen molar-refractivity contribution in [3.05, 3.63) is 22.4 Å². The molecule has 0 aliphatic heterocycles. The van der Waals surface area contributed by atoms with Crippen LogP contribution in [0.2, 0.25) is 0 Å². The zero-order valence-electron chi connectivity index (χ0n) is 9.41. The molecule has 0 unspecified atom stereocenters. The van der Waals surface area contributed by atoms with Crippen LogP contribution in [0.4, 0.5) is 0 Å². The topological polar surface area (TPSA) is 29.3 Å². The summed E-state index contributed by atoms with van der Waals surface area (Å²) in [5, 5.41) is 4.35. The lowest BCUT2D eigenvalue weighted by Crippen LogP contribution is -2.46. The lowest BCUT2D eigenvalue weighted by Gasteiger charge is -2.29. The highest BCUT2D eigenvalue weighted by Crippen LogP contribution is 2.28. The zero-order chi connectivity index (χ0) is 10.7. The summed E-state index contributed by atoms with van der Waals surface area (Å²) in [6, 6.07) is 2.19. The molecule has 1 fully saturated rings. The van der Waals surface area contributed by atoms with Crippen molar-refractivity contribution in [2.45, 2.75) is 37.8 Å². The van der Waals surface area contributed by atoms with Crippen molar-refractivity contribution in [3.8, 4) is 0 Å². The molecule has 2 rings (SSSR count). The summed E-state index contributed by atoms with van der Waals surface area (Å²) in [5.74, 6) is 0. The monoisotopic (exact) mass is 224 g/mol. The molecule has 1 aromatic rings. The van der Waals surface area contributed by atoms with E-state index in [0.717, 1.165) is 13.1 Å². The van der Waals surface area contributed by atoms with E-state index in [1.54, 1.807) is 11.3 Å². The van der Waals surface area contributed by atoms with Crippen LogP contribution in [0.25, 0.3) is 0 Å². The quantitative estimate of drug-likeness (QED) is 0.851. The summed E-state index contributed by atoms with van der Waals surface area (Å²) < 4.78 is 0. The van der Waals surface area contributed by atoms with Crippen LogP contribution in [0.15, 0.2) is 16.8 Å². The van der Waals surface area contributed by atoms with Crippen molar-refractivity contribution in [3.63, 3.8) is 0 Å². The Hall–Kier alpha value is -0.380. The van der Waals surface area contributed by atoms with Gasteiger partial charge in [0, 0.05) is 18.6 Å². The first-order valence-corrected chi connectivity index (χ1v) is 6.61.